The number of hydrogen-bond acceptors (Lipinski definition) is 3. The van der Waals surface area contributed by atoms with Crippen molar-refractivity contribution in [2.24, 2.45) is 0 Å². The molecule has 100 valence electrons. The zero-order chi connectivity index (χ0) is 13.7. The van der Waals surface area contributed by atoms with E-state index in [0.29, 0.717) is 17.9 Å². The third kappa shape index (κ3) is 3.28. The first-order valence-corrected chi connectivity index (χ1v) is 6.48. The summed E-state index contributed by atoms with van der Waals surface area (Å²) < 4.78 is 19.1. The largest absolute Gasteiger partial charge is 0.491 e. The number of hydrogen-bond donors (Lipinski definition) is 0. The van der Waals surface area contributed by atoms with Gasteiger partial charge in [0.2, 0.25) is 0 Å². The van der Waals surface area contributed by atoms with E-state index in [-0.39, 0.29) is 11.6 Å². The molecule has 0 saturated carbocycles. The maximum absolute atomic E-state index is 13.8. The molecule has 19 heavy (non-hydrogen) atoms. The van der Waals surface area contributed by atoms with E-state index in [1.165, 1.54) is 6.07 Å². The molecule has 0 amide bonds. The van der Waals surface area contributed by atoms with Crippen LogP contribution in [-0.4, -0.2) is 16.6 Å². The van der Waals surface area contributed by atoms with E-state index in [4.69, 9.17) is 4.74 Å². The van der Waals surface area contributed by atoms with Crippen molar-refractivity contribution in [3.8, 4) is 17.0 Å². The maximum Gasteiger partial charge on any atom is 0.165 e. The van der Waals surface area contributed by atoms with Crippen LogP contribution in [0.1, 0.15) is 26.0 Å². The van der Waals surface area contributed by atoms with E-state index in [1.807, 2.05) is 13.8 Å². The minimum atomic E-state index is -0.368. The lowest BCUT2D eigenvalue weighted by atomic mass is 10.1. The zero-order valence-electron chi connectivity index (χ0n) is 11.2. The highest BCUT2D eigenvalue weighted by molar-refractivity contribution is 5.59. The Hall–Kier alpha value is -1.97. The highest BCUT2D eigenvalue weighted by Crippen LogP contribution is 2.24. The maximum atomic E-state index is 13.8. The highest BCUT2D eigenvalue weighted by atomic mass is 19.1. The molecule has 0 N–H and O–H groups in total. The Morgan fingerprint density at radius 1 is 1.16 bits per heavy atom. The molecule has 1 heterocycles. The smallest absolute Gasteiger partial charge is 0.165 e. The molecule has 0 fully saturated rings. The van der Waals surface area contributed by atoms with Crippen molar-refractivity contribution >= 4 is 0 Å². The fourth-order valence-electron chi connectivity index (χ4n) is 1.68. The number of nitrogens with zero attached hydrogens (tertiary/aromatic N) is 2. The van der Waals surface area contributed by atoms with Crippen LogP contribution in [0.15, 0.2) is 30.6 Å². The van der Waals surface area contributed by atoms with Crippen molar-refractivity contribution in [2.75, 3.05) is 6.61 Å². The number of rotatable bonds is 5. The first-order chi connectivity index (χ1) is 9.24. The fourth-order valence-corrected chi connectivity index (χ4v) is 1.68. The van der Waals surface area contributed by atoms with Crippen LogP contribution in [0.2, 0.25) is 0 Å². The molecule has 0 atom stereocenters. The van der Waals surface area contributed by atoms with Crippen molar-refractivity contribution in [1.29, 1.82) is 0 Å². The first kappa shape index (κ1) is 13.5. The van der Waals surface area contributed by atoms with Crippen LogP contribution in [-0.2, 0) is 6.42 Å². The summed E-state index contributed by atoms with van der Waals surface area (Å²) in [6, 6.07) is 4.86. The average molecular weight is 260 g/mol. The molecule has 4 heteroatoms. The van der Waals surface area contributed by atoms with Gasteiger partial charge in [0, 0.05) is 11.8 Å². The zero-order valence-corrected chi connectivity index (χ0v) is 11.2. The SMILES string of the molecule is CCCOc1ccc(-c2cnc(CC)cn2)cc1F. The molecular weight excluding hydrogens is 243 g/mol. The Bertz CT molecular complexity index is 540. The lowest BCUT2D eigenvalue weighted by Crippen LogP contribution is -1.98. The number of aryl methyl sites for hydroxylation is 1. The molecule has 0 unspecified atom stereocenters. The summed E-state index contributed by atoms with van der Waals surface area (Å²) >= 11 is 0. The van der Waals surface area contributed by atoms with Crippen LogP contribution < -0.4 is 4.74 Å². The molecule has 0 radical (unpaired) electrons. The second kappa shape index (κ2) is 6.27. The molecule has 0 aliphatic rings. The van der Waals surface area contributed by atoms with Crippen LogP contribution >= 0.6 is 0 Å². The Kier molecular flexibility index (Phi) is 4.44. The summed E-state index contributed by atoms with van der Waals surface area (Å²) in [5.74, 6) is -0.0870. The van der Waals surface area contributed by atoms with E-state index in [9.17, 15) is 4.39 Å². The van der Waals surface area contributed by atoms with E-state index in [0.717, 1.165) is 18.5 Å². The van der Waals surface area contributed by atoms with E-state index in [2.05, 4.69) is 9.97 Å². The standard InChI is InChI=1S/C15H17FN2O/c1-3-7-19-15-6-5-11(8-13(15)16)14-10-17-12(4-2)9-18-14/h5-6,8-10H,3-4,7H2,1-2H3. The van der Waals surface area contributed by atoms with Crippen molar-refractivity contribution in [3.05, 3.63) is 42.1 Å². The van der Waals surface area contributed by atoms with Crippen molar-refractivity contribution < 1.29 is 9.13 Å². The van der Waals surface area contributed by atoms with Crippen molar-refractivity contribution in [2.45, 2.75) is 26.7 Å². The molecule has 2 aromatic rings. The van der Waals surface area contributed by atoms with Gasteiger partial charge in [0.25, 0.3) is 0 Å². The number of benzene rings is 1. The third-order valence-corrected chi connectivity index (χ3v) is 2.76. The van der Waals surface area contributed by atoms with Gasteiger partial charge in [0.1, 0.15) is 0 Å². The summed E-state index contributed by atoms with van der Waals surface area (Å²) in [5.41, 5.74) is 2.29. The van der Waals surface area contributed by atoms with Crippen LogP contribution in [0.3, 0.4) is 0 Å². The lowest BCUT2D eigenvalue weighted by molar-refractivity contribution is 0.301. The van der Waals surface area contributed by atoms with E-state index < -0.39 is 0 Å². The van der Waals surface area contributed by atoms with Gasteiger partial charge in [0.15, 0.2) is 11.6 Å². The Morgan fingerprint density at radius 2 is 2.00 bits per heavy atom. The molecule has 3 nitrogen and oxygen atoms in total. The second-order valence-electron chi connectivity index (χ2n) is 4.24. The van der Waals surface area contributed by atoms with Gasteiger partial charge >= 0.3 is 0 Å². The third-order valence-electron chi connectivity index (χ3n) is 2.76. The second-order valence-corrected chi connectivity index (χ2v) is 4.24. The normalized spacial score (nSPS) is 10.5. The van der Waals surface area contributed by atoms with Gasteiger partial charge in [-0.05, 0) is 31.0 Å². The van der Waals surface area contributed by atoms with Gasteiger partial charge in [-0.25, -0.2) is 4.39 Å². The van der Waals surface area contributed by atoms with Crippen LogP contribution in [0.25, 0.3) is 11.3 Å². The Balaban J connectivity index is 2.22. The molecular formula is C15H17FN2O. The fraction of sp³-hybridized carbons (Fsp3) is 0.333. The molecule has 1 aromatic carbocycles. The van der Waals surface area contributed by atoms with Crippen molar-refractivity contribution in [1.82, 2.24) is 9.97 Å². The highest BCUT2D eigenvalue weighted by Gasteiger charge is 2.07. The minimum absolute atomic E-state index is 0.281. The Morgan fingerprint density at radius 3 is 2.58 bits per heavy atom. The number of halogens is 1. The lowest BCUT2D eigenvalue weighted by Gasteiger charge is -2.07. The predicted octanol–water partition coefficient (Wildman–Crippen LogP) is 3.63. The molecule has 0 bridgehead atoms. The minimum Gasteiger partial charge on any atom is -0.491 e. The number of aromatic nitrogens is 2. The summed E-state index contributed by atoms with van der Waals surface area (Å²) in [7, 11) is 0. The molecule has 2 rings (SSSR count). The summed E-state index contributed by atoms with van der Waals surface area (Å²) in [5, 5.41) is 0. The average Bonchev–Trinajstić information content (AvgIpc) is 2.46. The first-order valence-electron chi connectivity index (χ1n) is 6.48. The molecule has 0 saturated heterocycles. The topological polar surface area (TPSA) is 35.0 Å². The molecule has 1 aromatic heterocycles. The summed E-state index contributed by atoms with van der Waals surface area (Å²) in [4.78, 5) is 8.54. The Labute approximate surface area is 112 Å². The quantitative estimate of drug-likeness (QED) is 0.823. The molecule has 0 aliphatic carbocycles. The predicted molar refractivity (Wildman–Crippen MR) is 72.6 cm³/mol. The number of ether oxygens (including phenoxy) is 1. The monoisotopic (exact) mass is 260 g/mol. The van der Waals surface area contributed by atoms with Gasteiger partial charge in [-0.3, -0.25) is 9.97 Å². The molecule has 0 aliphatic heterocycles. The van der Waals surface area contributed by atoms with Gasteiger partial charge in [-0.15, -0.1) is 0 Å². The van der Waals surface area contributed by atoms with E-state index in [1.54, 1.807) is 24.5 Å². The van der Waals surface area contributed by atoms with Gasteiger partial charge in [-0.2, -0.15) is 0 Å². The van der Waals surface area contributed by atoms with Crippen molar-refractivity contribution in [3.63, 3.8) is 0 Å². The van der Waals surface area contributed by atoms with Gasteiger partial charge in [0.05, 0.1) is 24.2 Å². The van der Waals surface area contributed by atoms with Gasteiger partial charge in [-0.1, -0.05) is 13.8 Å². The van der Waals surface area contributed by atoms with Crippen LogP contribution in [0, 0.1) is 5.82 Å². The van der Waals surface area contributed by atoms with Crippen LogP contribution in [0.4, 0.5) is 4.39 Å². The van der Waals surface area contributed by atoms with Crippen LogP contribution in [0.5, 0.6) is 5.75 Å². The van der Waals surface area contributed by atoms with Gasteiger partial charge < -0.3 is 4.74 Å². The van der Waals surface area contributed by atoms with E-state index >= 15 is 0 Å². The summed E-state index contributed by atoms with van der Waals surface area (Å²) in [6.07, 6.45) is 5.07. The summed E-state index contributed by atoms with van der Waals surface area (Å²) in [6.45, 7) is 4.52. The molecule has 0 spiro atoms.